The van der Waals surface area contributed by atoms with Crippen molar-refractivity contribution < 1.29 is 9.90 Å². The van der Waals surface area contributed by atoms with Gasteiger partial charge < -0.3 is 10.4 Å². The Hall–Kier alpha value is -1.58. The van der Waals surface area contributed by atoms with Crippen molar-refractivity contribution >= 4 is 11.7 Å². The summed E-state index contributed by atoms with van der Waals surface area (Å²) in [7, 11) is 0. The number of carbonyl (C=O) groups is 1. The van der Waals surface area contributed by atoms with Gasteiger partial charge in [-0.05, 0) is 30.9 Å². The Kier molecular flexibility index (Phi) is 3.96. The highest BCUT2D eigenvalue weighted by Gasteiger charge is 2.15. The smallest absolute Gasteiger partial charge is 0.356 e. The molecule has 1 heterocycles. The maximum absolute atomic E-state index is 11.0. The van der Waals surface area contributed by atoms with Gasteiger partial charge >= 0.3 is 5.97 Å². The zero-order valence-electron chi connectivity index (χ0n) is 9.85. The fourth-order valence-corrected chi connectivity index (χ4v) is 2.36. The van der Waals surface area contributed by atoms with Crippen LogP contribution in [0.25, 0.3) is 0 Å². The molecular formula is C13H18N2O2. The molecule has 2 N–H and O–H groups in total. The first-order valence-electron chi connectivity index (χ1n) is 6.19. The number of aromatic carboxylic acids is 1. The third-order valence-electron chi connectivity index (χ3n) is 3.32. The first-order valence-corrected chi connectivity index (χ1v) is 6.19. The summed E-state index contributed by atoms with van der Waals surface area (Å²) in [4.78, 5) is 14.9. The minimum atomic E-state index is -0.975. The Bertz CT molecular complexity index is 387. The topological polar surface area (TPSA) is 62.2 Å². The molecule has 0 aliphatic heterocycles. The third kappa shape index (κ3) is 3.19. The summed E-state index contributed by atoms with van der Waals surface area (Å²) in [5, 5.41) is 12.2. The molecule has 0 unspecified atom stereocenters. The van der Waals surface area contributed by atoms with Gasteiger partial charge in [-0.15, -0.1) is 0 Å². The van der Waals surface area contributed by atoms with E-state index in [1.165, 1.54) is 38.3 Å². The lowest BCUT2D eigenvalue weighted by Crippen LogP contribution is -2.18. The summed E-state index contributed by atoms with van der Waals surface area (Å²) in [6, 6.07) is 3.54. The van der Waals surface area contributed by atoms with Crippen molar-refractivity contribution in [1.82, 2.24) is 4.98 Å². The number of carboxylic acids is 1. The summed E-state index contributed by atoms with van der Waals surface area (Å²) in [5.74, 6) is -0.303. The Labute approximate surface area is 101 Å². The minimum absolute atomic E-state index is 0.114. The zero-order chi connectivity index (χ0) is 12.1. The van der Waals surface area contributed by atoms with Gasteiger partial charge in [-0.1, -0.05) is 19.3 Å². The van der Waals surface area contributed by atoms with Crippen LogP contribution < -0.4 is 5.32 Å². The van der Waals surface area contributed by atoms with Crippen LogP contribution in [0.2, 0.25) is 0 Å². The monoisotopic (exact) mass is 234 g/mol. The highest BCUT2D eigenvalue weighted by molar-refractivity contribution is 5.91. The molecule has 1 aliphatic carbocycles. The number of nitrogens with zero attached hydrogens (tertiary/aromatic N) is 1. The van der Waals surface area contributed by atoms with Crippen molar-refractivity contribution in [1.29, 1.82) is 0 Å². The van der Waals surface area contributed by atoms with Crippen LogP contribution in [0, 0.1) is 5.92 Å². The quantitative estimate of drug-likeness (QED) is 0.840. The van der Waals surface area contributed by atoms with E-state index in [1.807, 2.05) is 0 Å². The molecule has 1 fully saturated rings. The summed E-state index contributed by atoms with van der Waals surface area (Å²) in [6.45, 7) is 0.853. The first-order chi connectivity index (χ1) is 8.27. The van der Waals surface area contributed by atoms with Crippen LogP contribution >= 0.6 is 0 Å². The highest BCUT2D eigenvalue weighted by Crippen LogP contribution is 2.24. The molecule has 4 nitrogen and oxygen atoms in total. The second-order valence-corrected chi connectivity index (χ2v) is 4.59. The molecule has 2 rings (SSSR count). The fourth-order valence-electron chi connectivity index (χ4n) is 2.36. The van der Waals surface area contributed by atoms with Crippen molar-refractivity contribution in [3.63, 3.8) is 0 Å². The van der Waals surface area contributed by atoms with Crippen molar-refractivity contribution in [2.24, 2.45) is 5.92 Å². The molecule has 1 aromatic rings. The van der Waals surface area contributed by atoms with Crippen LogP contribution in [0.5, 0.6) is 0 Å². The number of carboxylic acid groups (broad SMARTS) is 1. The van der Waals surface area contributed by atoms with Gasteiger partial charge in [0.05, 0.1) is 5.69 Å². The van der Waals surface area contributed by atoms with Gasteiger partial charge in [0, 0.05) is 12.7 Å². The number of pyridine rings is 1. The molecule has 0 amide bonds. The molecule has 4 heteroatoms. The molecule has 1 aliphatic rings. The molecule has 0 saturated heterocycles. The number of hydrogen-bond acceptors (Lipinski definition) is 3. The molecule has 1 aromatic heterocycles. The second kappa shape index (κ2) is 5.66. The maximum Gasteiger partial charge on any atom is 0.356 e. The number of nitrogens with one attached hydrogen (secondary N) is 1. The van der Waals surface area contributed by atoms with E-state index in [1.54, 1.807) is 12.1 Å². The molecule has 17 heavy (non-hydrogen) atoms. The standard InChI is InChI=1S/C13H18N2O2/c16-13(17)12-11(7-4-8-14-12)15-9-10-5-2-1-3-6-10/h4,7-8,10,15H,1-3,5-6,9H2,(H,16,17). The molecule has 0 radical (unpaired) electrons. The van der Waals surface area contributed by atoms with Crippen molar-refractivity contribution in [3.05, 3.63) is 24.0 Å². The molecule has 0 bridgehead atoms. The van der Waals surface area contributed by atoms with Gasteiger partial charge in [0.25, 0.3) is 0 Å². The average molecular weight is 234 g/mol. The largest absolute Gasteiger partial charge is 0.476 e. The third-order valence-corrected chi connectivity index (χ3v) is 3.32. The van der Waals surface area contributed by atoms with E-state index in [-0.39, 0.29) is 5.69 Å². The molecule has 92 valence electrons. The summed E-state index contributed by atoms with van der Waals surface area (Å²) in [5.41, 5.74) is 0.744. The van der Waals surface area contributed by atoms with Gasteiger partial charge in [0.1, 0.15) is 0 Å². The Morgan fingerprint density at radius 2 is 2.18 bits per heavy atom. The van der Waals surface area contributed by atoms with Crippen molar-refractivity contribution in [2.45, 2.75) is 32.1 Å². The summed E-state index contributed by atoms with van der Waals surface area (Å²) < 4.78 is 0. The molecule has 0 atom stereocenters. The Morgan fingerprint density at radius 1 is 1.41 bits per heavy atom. The van der Waals surface area contributed by atoms with Crippen LogP contribution in [-0.4, -0.2) is 22.6 Å². The van der Waals surface area contributed by atoms with Crippen LogP contribution in [0.4, 0.5) is 5.69 Å². The van der Waals surface area contributed by atoms with E-state index in [4.69, 9.17) is 5.11 Å². The fraction of sp³-hybridized carbons (Fsp3) is 0.538. The molecule has 0 spiro atoms. The summed E-state index contributed by atoms with van der Waals surface area (Å²) >= 11 is 0. The van der Waals surface area contributed by atoms with Crippen molar-refractivity contribution in [2.75, 3.05) is 11.9 Å². The van der Waals surface area contributed by atoms with E-state index < -0.39 is 5.97 Å². The summed E-state index contributed by atoms with van der Waals surface area (Å²) in [6.07, 6.45) is 7.93. The zero-order valence-corrected chi connectivity index (χ0v) is 9.85. The number of hydrogen-bond donors (Lipinski definition) is 2. The van der Waals surface area contributed by atoms with Crippen LogP contribution in [0.15, 0.2) is 18.3 Å². The Balaban J connectivity index is 1.96. The first kappa shape index (κ1) is 11.9. The van der Waals surface area contributed by atoms with Crippen molar-refractivity contribution in [3.8, 4) is 0 Å². The van der Waals surface area contributed by atoms with Crippen LogP contribution in [-0.2, 0) is 0 Å². The maximum atomic E-state index is 11.0. The van der Waals surface area contributed by atoms with E-state index in [9.17, 15) is 4.79 Å². The van der Waals surface area contributed by atoms with E-state index in [2.05, 4.69) is 10.3 Å². The lowest BCUT2D eigenvalue weighted by atomic mass is 9.89. The predicted octanol–water partition coefficient (Wildman–Crippen LogP) is 2.77. The van der Waals surface area contributed by atoms with E-state index in [0.717, 1.165) is 6.54 Å². The normalized spacial score (nSPS) is 16.7. The predicted molar refractivity (Wildman–Crippen MR) is 66.3 cm³/mol. The van der Waals surface area contributed by atoms with Gasteiger partial charge in [-0.2, -0.15) is 0 Å². The van der Waals surface area contributed by atoms with E-state index in [0.29, 0.717) is 11.6 Å². The van der Waals surface area contributed by atoms with Crippen LogP contribution in [0.1, 0.15) is 42.6 Å². The molecular weight excluding hydrogens is 216 g/mol. The Morgan fingerprint density at radius 3 is 2.88 bits per heavy atom. The second-order valence-electron chi connectivity index (χ2n) is 4.59. The number of anilines is 1. The number of aromatic nitrogens is 1. The minimum Gasteiger partial charge on any atom is -0.476 e. The van der Waals surface area contributed by atoms with Gasteiger partial charge in [0.15, 0.2) is 5.69 Å². The van der Waals surface area contributed by atoms with Gasteiger partial charge in [-0.25, -0.2) is 9.78 Å². The highest BCUT2D eigenvalue weighted by atomic mass is 16.4. The van der Waals surface area contributed by atoms with E-state index >= 15 is 0 Å². The van der Waals surface area contributed by atoms with Gasteiger partial charge in [0.2, 0.25) is 0 Å². The lowest BCUT2D eigenvalue weighted by Gasteiger charge is -2.22. The molecule has 0 aromatic carbocycles. The molecule has 1 saturated carbocycles. The lowest BCUT2D eigenvalue weighted by molar-refractivity contribution is 0.0691. The van der Waals surface area contributed by atoms with Crippen LogP contribution in [0.3, 0.4) is 0 Å². The van der Waals surface area contributed by atoms with Gasteiger partial charge in [-0.3, -0.25) is 0 Å². The number of rotatable bonds is 4. The average Bonchev–Trinajstić information content (AvgIpc) is 2.38. The SMILES string of the molecule is O=C(O)c1ncccc1NCC1CCCCC1.